The summed E-state index contributed by atoms with van der Waals surface area (Å²) in [5.74, 6) is -0.643. The molecule has 2 aromatic heterocycles. The van der Waals surface area contributed by atoms with Crippen LogP contribution in [-0.4, -0.2) is 36.9 Å². The summed E-state index contributed by atoms with van der Waals surface area (Å²) in [4.78, 5) is 11.0. The molecule has 0 aliphatic heterocycles. The van der Waals surface area contributed by atoms with E-state index < -0.39 is 21.8 Å². The van der Waals surface area contributed by atoms with Gasteiger partial charge < -0.3 is 14.4 Å². The van der Waals surface area contributed by atoms with Crippen molar-refractivity contribution >= 4 is 71.2 Å². The molecule has 166 valence electrons. The third-order valence-electron chi connectivity index (χ3n) is 4.96. The van der Waals surface area contributed by atoms with Crippen molar-refractivity contribution in [2.45, 2.75) is 13.0 Å². The van der Waals surface area contributed by atoms with Crippen LogP contribution in [-0.2, 0) is 16.7 Å². The minimum atomic E-state index is -4.30. The van der Waals surface area contributed by atoms with Gasteiger partial charge in [-0.3, -0.25) is 0 Å². The van der Waals surface area contributed by atoms with Crippen LogP contribution in [0.25, 0.3) is 32.5 Å². The Hall–Kier alpha value is -2.79. The highest BCUT2D eigenvalue weighted by molar-refractivity contribution is 7.85. The van der Waals surface area contributed by atoms with Crippen LogP contribution in [0.15, 0.2) is 41.8 Å². The number of benzene rings is 2. The zero-order valence-electron chi connectivity index (χ0n) is 17.0. The highest BCUT2D eigenvalue weighted by Gasteiger charge is 2.24. The number of thiophene rings is 1. The monoisotopic (exact) mass is 489 g/mol. The topological polar surface area (TPSA) is 108 Å². The predicted octanol–water partition coefficient (Wildman–Crippen LogP) is 4.22. The van der Waals surface area contributed by atoms with Crippen LogP contribution in [0.2, 0.25) is 0 Å². The van der Waals surface area contributed by atoms with Crippen LogP contribution >= 0.6 is 22.7 Å². The summed E-state index contributed by atoms with van der Waals surface area (Å²) in [6.07, 6.45) is 3.99. The maximum Gasteiger partial charge on any atom is 0.335 e. The lowest BCUT2D eigenvalue weighted by molar-refractivity contribution is -0.667. The molecule has 0 spiro atoms. The third-order valence-corrected chi connectivity index (χ3v) is 7.77. The van der Waals surface area contributed by atoms with Crippen molar-refractivity contribution in [3.05, 3.63) is 57.9 Å². The maximum absolute atomic E-state index is 11.1. The molecule has 0 saturated heterocycles. The van der Waals surface area contributed by atoms with E-state index in [2.05, 4.69) is 0 Å². The Morgan fingerprint density at radius 2 is 1.97 bits per heavy atom. The van der Waals surface area contributed by atoms with Crippen LogP contribution in [0, 0.1) is 0 Å². The van der Waals surface area contributed by atoms with E-state index >= 15 is 0 Å². The Morgan fingerprint density at radius 3 is 2.62 bits per heavy atom. The second-order valence-corrected chi connectivity index (χ2v) is 10.6. The highest BCUT2D eigenvalue weighted by Crippen LogP contribution is 2.38. The zero-order chi connectivity index (χ0) is 22.9. The first-order chi connectivity index (χ1) is 15.3. The van der Waals surface area contributed by atoms with E-state index in [1.165, 1.54) is 11.3 Å². The molecule has 2 aromatic carbocycles. The molecule has 0 amide bonds. The van der Waals surface area contributed by atoms with E-state index in [0.717, 1.165) is 36.6 Å². The van der Waals surface area contributed by atoms with Gasteiger partial charge in [0.25, 0.3) is 5.01 Å². The second-order valence-electron chi connectivity index (χ2n) is 7.06. The second kappa shape index (κ2) is 8.99. The van der Waals surface area contributed by atoms with Crippen molar-refractivity contribution in [2.75, 3.05) is 12.9 Å². The number of aromatic carboxylic acids is 1. The molecule has 0 fully saturated rings. The van der Waals surface area contributed by atoms with E-state index in [9.17, 15) is 17.8 Å². The number of hydrogen-bond acceptors (Lipinski definition) is 7. The molecule has 7 nitrogen and oxygen atoms in total. The number of carbonyl (C=O) groups is 1. The fraction of sp³-hybridized carbons (Fsp3) is 0.182. The Kier molecular flexibility index (Phi) is 6.29. The molecule has 0 bridgehead atoms. The molecule has 0 aliphatic carbocycles. The van der Waals surface area contributed by atoms with E-state index in [-0.39, 0.29) is 12.0 Å². The summed E-state index contributed by atoms with van der Waals surface area (Å²) < 4.78 is 43.0. The smallest absolute Gasteiger partial charge is 0.335 e. The number of hydrogen-bond donors (Lipinski definition) is 1. The third kappa shape index (κ3) is 4.68. The van der Waals surface area contributed by atoms with Crippen LogP contribution < -0.4 is 9.30 Å². The summed E-state index contributed by atoms with van der Waals surface area (Å²) in [5.41, 5.74) is 2.02. The van der Waals surface area contributed by atoms with Crippen LogP contribution in [0.1, 0.15) is 27.3 Å². The molecular formula is C22H19NO6S3. The van der Waals surface area contributed by atoms with Gasteiger partial charge in [-0.05, 0) is 35.2 Å². The first kappa shape index (κ1) is 22.4. The molecule has 0 aliphatic rings. The predicted molar refractivity (Wildman–Crippen MR) is 125 cm³/mol. The molecule has 2 heterocycles. The number of ether oxygens (including phenoxy) is 1. The number of carboxylic acid groups (broad SMARTS) is 1. The number of nitrogens with zero attached hydrogens (tertiary/aromatic N) is 1. The summed E-state index contributed by atoms with van der Waals surface area (Å²) >= 11 is 3.12. The summed E-state index contributed by atoms with van der Waals surface area (Å²) in [6, 6.07) is 10.5. The van der Waals surface area contributed by atoms with Gasteiger partial charge in [-0.2, -0.15) is 4.57 Å². The molecule has 4 rings (SSSR count). The highest BCUT2D eigenvalue weighted by atomic mass is 32.2. The number of carboxylic acids is 1. The molecule has 32 heavy (non-hydrogen) atoms. The lowest BCUT2D eigenvalue weighted by Gasteiger charge is -2.05. The van der Waals surface area contributed by atoms with E-state index in [0.29, 0.717) is 6.54 Å². The lowest BCUT2D eigenvalue weighted by atomic mass is 10.1. The summed E-state index contributed by atoms with van der Waals surface area (Å²) in [5, 5.41) is 12.9. The van der Waals surface area contributed by atoms with Gasteiger partial charge in [0.15, 0.2) is 6.54 Å². The first-order valence-electron chi connectivity index (χ1n) is 9.62. The van der Waals surface area contributed by atoms with Gasteiger partial charge in [-0.15, -0.1) is 11.3 Å². The fourth-order valence-electron chi connectivity index (χ4n) is 3.49. The Bertz CT molecular complexity index is 1430. The number of rotatable bonds is 8. The molecule has 0 saturated carbocycles. The van der Waals surface area contributed by atoms with Crippen LogP contribution in [0.4, 0.5) is 0 Å². The maximum atomic E-state index is 11.1. The summed E-state index contributed by atoms with van der Waals surface area (Å²) in [7, 11) is -2.67. The molecule has 0 atom stereocenters. The van der Waals surface area contributed by atoms with Crippen molar-refractivity contribution in [3.63, 3.8) is 0 Å². The number of thiazole rings is 1. The average Bonchev–Trinajstić information content (AvgIpc) is 3.35. The van der Waals surface area contributed by atoms with Gasteiger partial charge >= 0.3 is 5.97 Å². The Labute approximate surface area is 192 Å². The first-order valence-corrected chi connectivity index (χ1v) is 12.9. The normalized spacial score (nSPS) is 12.2. The standard InChI is InChI=1S/C22H19NO6S3/c1-29-17-13-18-20(21-16(17)9-11-30-21)23(10-2-12-32(26,27)28)19(31-18)8-5-14-3-6-15(7-4-14)22(24)25/h3-9,11,13H,2,10,12H2,1H3,(H-,24,25,26,27,28)/b8-5+. The molecule has 0 unspecified atom stereocenters. The molecule has 10 heteroatoms. The Balaban J connectivity index is 1.79. The van der Waals surface area contributed by atoms with Crippen molar-refractivity contribution < 1.29 is 32.2 Å². The summed E-state index contributed by atoms with van der Waals surface area (Å²) in [6.45, 7) is 0.373. The zero-order valence-corrected chi connectivity index (χ0v) is 19.4. The average molecular weight is 490 g/mol. The van der Waals surface area contributed by atoms with Gasteiger partial charge in [0.05, 0.1) is 22.8 Å². The van der Waals surface area contributed by atoms with E-state index in [1.807, 2.05) is 34.2 Å². The largest absolute Gasteiger partial charge is 0.748 e. The van der Waals surface area contributed by atoms with E-state index in [1.54, 1.807) is 42.7 Å². The van der Waals surface area contributed by atoms with Crippen molar-refractivity contribution in [1.82, 2.24) is 0 Å². The SMILES string of the molecule is COc1cc2sc(/C=C/c3ccc(C(=O)O)cc3)[n+](CCCS(=O)(=O)[O-])c2c2sccc12. The van der Waals surface area contributed by atoms with Crippen LogP contribution in [0.3, 0.4) is 0 Å². The van der Waals surface area contributed by atoms with Crippen molar-refractivity contribution in [2.24, 2.45) is 0 Å². The van der Waals surface area contributed by atoms with Gasteiger partial charge in [-0.1, -0.05) is 23.5 Å². The molecular weight excluding hydrogens is 470 g/mol. The van der Waals surface area contributed by atoms with Crippen molar-refractivity contribution in [1.29, 1.82) is 0 Å². The van der Waals surface area contributed by atoms with Crippen molar-refractivity contribution in [3.8, 4) is 5.75 Å². The van der Waals surface area contributed by atoms with Gasteiger partial charge in [0.2, 0.25) is 5.52 Å². The van der Waals surface area contributed by atoms with Gasteiger partial charge in [0.1, 0.15) is 15.1 Å². The van der Waals surface area contributed by atoms with Crippen LogP contribution in [0.5, 0.6) is 5.75 Å². The number of methoxy groups -OCH3 is 1. The molecule has 0 radical (unpaired) electrons. The lowest BCUT2D eigenvalue weighted by Crippen LogP contribution is -2.36. The molecule has 1 N–H and O–H groups in total. The fourth-order valence-corrected chi connectivity index (χ4v) is 6.14. The Morgan fingerprint density at radius 1 is 1.22 bits per heavy atom. The minimum absolute atomic E-state index is 0.204. The van der Waals surface area contributed by atoms with Gasteiger partial charge in [-0.25, -0.2) is 13.2 Å². The number of fused-ring (bicyclic) bond motifs is 3. The minimum Gasteiger partial charge on any atom is -0.748 e. The quantitative estimate of drug-likeness (QED) is 0.293. The molecule has 4 aromatic rings. The number of aryl methyl sites for hydroxylation is 1. The van der Waals surface area contributed by atoms with Gasteiger partial charge in [0, 0.05) is 29.7 Å². The van der Waals surface area contributed by atoms with E-state index in [4.69, 9.17) is 9.84 Å². The number of aromatic nitrogens is 1.